The Balaban J connectivity index is 2.26. The lowest BCUT2D eigenvalue weighted by Gasteiger charge is -2.18. The average Bonchev–Trinajstić information content (AvgIpc) is 2.83. The molecule has 1 atom stereocenters. The van der Waals surface area contributed by atoms with E-state index in [9.17, 15) is 0 Å². The lowest BCUT2D eigenvalue weighted by atomic mass is 9.98. The summed E-state index contributed by atoms with van der Waals surface area (Å²) in [5.41, 5.74) is 4.53. The molecule has 1 N–H and O–H groups in total. The molecule has 2 aromatic rings. The summed E-state index contributed by atoms with van der Waals surface area (Å²) >= 11 is 5.29. The molecule has 1 aromatic heterocycles. The second kappa shape index (κ2) is 5.76. The van der Waals surface area contributed by atoms with E-state index in [1.54, 1.807) is 11.3 Å². The molecule has 0 fully saturated rings. The molecule has 0 amide bonds. The predicted molar refractivity (Wildman–Crippen MR) is 76.5 cm³/mol. The van der Waals surface area contributed by atoms with Crippen LogP contribution in [0.5, 0.6) is 0 Å². The highest BCUT2D eigenvalue weighted by molar-refractivity contribution is 9.10. The molecule has 2 nitrogen and oxygen atoms in total. The summed E-state index contributed by atoms with van der Waals surface area (Å²) in [5.74, 6) is 0. The average molecular weight is 311 g/mol. The Labute approximate surface area is 114 Å². The SMILES string of the molecule is CNC(Cc1cncs1)c1cccc(Br)c1C. The van der Waals surface area contributed by atoms with Gasteiger partial charge < -0.3 is 5.32 Å². The van der Waals surface area contributed by atoms with E-state index in [1.807, 2.05) is 18.8 Å². The molecular formula is C13H15BrN2S. The number of rotatable bonds is 4. The lowest BCUT2D eigenvalue weighted by molar-refractivity contribution is 0.592. The fraction of sp³-hybridized carbons (Fsp3) is 0.308. The summed E-state index contributed by atoms with van der Waals surface area (Å²) in [7, 11) is 2.01. The van der Waals surface area contributed by atoms with Gasteiger partial charge in [-0.3, -0.25) is 4.98 Å². The Morgan fingerprint density at radius 1 is 1.47 bits per heavy atom. The van der Waals surface area contributed by atoms with Crippen LogP contribution in [0.25, 0.3) is 0 Å². The highest BCUT2D eigenvalue weighted by Crippen LogP contribution is 2.27. The maximum absolute atomic E-state index is 4.12. The Bertz CT molecular complexity index is 482. The molecule has 1 heterocycles. The van der Waals surface area contributed by atoms with Gasteiger partial charge in [0.25, 0.3) is 0 Å². The summed E-state index contributed by atoms with van der Waals surface area (Å²) in [5, 5.41) is 3.38. The van der Waals surface area contributed by atoms with Crippen molar-refractivity contribution in [3.05, 3.63) is 50.4 Å². The van der Waals surface area contributed by atoms with Gasteiger partial charge in [-0.2, -0.15) is 0 Å². The maximum atomic E-state index is 4.12. The zero-order valence-corrected chi connectivity index (χ0v) is 12.3. The maximum Gasteiger partial charge on any atom is 0.0794 e. The van der Waals surface area contributed by atoms with Gasteiger partial charge in [-0.05, 0) is 31.2 Å². The molecule has 0 aliphatic heterocycles. The Kier molecular flexibility index (Phi) is 4.31. The monoisotopic (exact) mass is 310 g/mol. The predicted octanol–water partition coefficient (Wildman–Crippen LogP) is 3.72. The van der Waals surface area contributed by atoms with Gasteiger partial charge in [-0.1, -0.05) is 28.1 Å². The second-order valence-corrected chi connectivity index (χ2v) is 5.79. The first-order valence-electron chi connectivity index (χ1n) is 5.52. The number of likely N-dealkylation sites (N-methyl/N-ethyl adjacent to an activating group) is 1. The normalized spacial score (nSPS) is 12.6. The van der Waals surface area contributed by atoms with Crippen LogP contribution in [0.4, 0.5) is 0 Å². The van der Waals surface area contributed by atoms with Crippen molar-refractivity contribution in [2.24, 2.45) is 0 Å². The van der Waals surface area contributed by atoms with Crippen LogP contribution in [0.15, 0.2) is 34.4 Å². The fourth-order valence-corrected chi connectivity index (χ4v) is 2.94. The van der Waals surface area contributed by atoms with Crippen LogP contribution in [-0.4, -0.2) is 12.0 Å². The van der Waals surface area contributed by atoms with Gasteiger partial charge in [0.05, 0.1) is 5.51 Å². The third kappa shape index (κ3) is 2.94. The molecule has 0 radical (unpaired) electrons. The fourth-order valence-electron chi connectivity index (χ4n) is 1.91. The zero-order valence-electron chi connectivity index (χ0n) is 9.90. The summed E-state index contributed by atoms with van der Waals surface area (Å²) in [6.07, 6.45) is 2.93. The minimum atomic E-state index is 0.341. The third-order valence-electron chi connectivity index (χ3n) is 2.92. The van der Waals surface area contributed by atoms with Crippen molar-refractivity contribution in [1.29, 1.82) is 0 Å². The van der Waals surface area contributed by atoms with Crippen LogP contribution in [0.2, 0.25) is 0 Å². The number of hydrogen-bond acceptors (Lipinski definition) is 3. The van der Waals surface area contributed by atoms with Crippen LogP contribution in [-0.2, 0) is 6.42 Å². The smallest absolute Gasteiger partial charge is 0.0794 e. The number of nitrogens with zero attached hydrogens (tertiary/aromatic N) is 1. The van der Waals surface area contributed by atoms with E-state index in [0.717, 1.165) is 6.42 Å². The molecule has 90 valence electrons. The highest BCUT2D eigenvalue weighted by Gasteiger charge is 2.14. The molecule has 0 spiro atoms. The van der Waals surface area contributed by atoms with Crippen LogP contribution < -0.4 is 5.32 Å². The number of halogens is 1. The first-order chi connectivity index (χ1) is 8.22. The first-order valence-corrected chi connectivity index (χ1v) is 7.19. The molecule has 0 saturated carbocycles. The van der Waals surface area contributed by atoms with Crippen LogP contribution >= 0.6 is 27.3 Å². The molecule has 0 bridgehead atoms. The summed E-state index contributed by atoms with van der Waals surface area (Å²) in [6.45, 7) is 2.15. The van der Waals surface area contributed by atoms with Gasteiger partial charge in [0, 0.05) is 28.0 Å². The number of thiazole rings is 1. The summed E-state index contributed by atoms with van der Waals surface area (Å²) in [6, 6.07) is 6.69. The van der Waals surface area contributed by atoms with E-state index >= 15 is 0 Å². The molecule has 17 heavy (non-hydrogen) atoms. The van der Waals surface area contributed by atoms with Crippen molar-refractivity contribution in [3.63, 3.8) is 0 Å². The van der Waals surface area contributed by atoms with Gasteiger partial charge in [0.1, 0.15) is 0 Å². The van der Waals surface area contributed by atoms with E-state index in [0.29, 0.717) is 6.04 Å². The minimum absolute atomic E-state index is 0.341. The number of benzene rings is 1. The molecule has 0 aliphatic carbocycles. The first kappa shape index (κ1) is 12.7. The van der Waals surface area contributed by atoms with Crippen LogP contribution in [0.3, 0.4) is 0 Å². The van der Waals surface area contributed by atoms with Crippen molar-refractivity contribution < 1.29 is 0 Å². The molecule has 0 aliphatic rings. The molecule has 1 unspecified atom stereocenters. The van der Waals surface area contributed by atoms with Gasteiger partial charge in [0.2, 0.25) is 0 Å². The quantitative estimate of drug-likeness (QED) is 0.931. The van der Waals surface area contributed by atoms with Gasteiger partial charge >= 0.3 is 0 Å². The summed E-state index contributed by atoms with van der Waals surface area (Å²) < 4.78 is 1.17. The topological polar surface area (TPSA) is 24.9 Å². The Morgan fingerprint density at radius 3 is 2.94 bits per heavy atom. The Hall–Kier alpha value is -0.710. The van der Waals surface area contributed by atoms with Gasteiger partial charge in [-0.25, -0.2) is 0 Å². The minimum Gasteiger partial charge on any atom is -0.313 e. The van der Waals surface area contributed by atoms with Crippen molar-refractivity contribution in [3.8, 4) is 0 Å². The van der Waals surface area contributed by atoms with Crippen molar-refractivity contribution in [1.82, 2.24) is 10.3 Å². The third-order valence-corrected chi connectivity index (χ3v) is 4.58. The largest absolute Gasteiger partial charge is 0.313 e. The van der Waals surface area contributed by atoms with E-state index in [-0.39, 0.29) is 0 Å². The van der Waals surface area contributed by atoms with Crippen molar-refractivity contribution in [2.45, 2.75) is 19.4 Å². The number of aromatic nitrogens is 1. The molecule has 4 heteroatoms. The van der Waals surface area contributed by atoms with Crippen LogP contribution in [0.1, 0.15) is 22.0 Å². The summed E-state index contributed by atoms with van der Waals surface area (Å²) in [4.78, 5) is 5.43. The van der Waals surface area contributed by atoms with E-state index in [4.69, 9.17) is 0 Å². The Morgan fingerprint density at radius 2 is 2.29 bits per heavy atom. The van der Waals surface area contributed by atoms with E-state index in [2.05, 4.69) is 51.4 Å². The van der Waals surface area contributed by atoms with E-state index < -0.39 is 0 Å². The van der Waals surface area contributed by atoms with E-state index in [1.165, 1.54) is 20.5 Å². The second-order valence-electron chi connectivity index (χ2n) is 3.97. The van der Waals surface area contributed by atoms with Gasteiger partial charge in [-0.15, -0.1) is 11.3 Å². The molecule has 1 aromatic carbocycles. The molecule has 0 saturated heterocycles. The number of hydrogen-bond donors (Lipinski definition) is 1. The number of nitrogens with one attached hydrogen (secondary N) is 1. The lowest BCUT2D eigenvalue weighted by Crippen LogP contribution is -2.19. The van der Waals surface area contributed by atoms with Gasteiger partial charge in [0.15, 0.2) is 0 Å². The van der Waals surface area contributed by atoms with Crippen LogP contribution in [0, 0.1) is 6.92 Å². The van der Waals surface area contributed by atoms with Crippen molar-refractivity contribution in [2.75, 3.05) is 7.05 Å². The highest BCUT2D eigenvalue weighted by atomic mass is 79.9. The van der Waals surface area contributed by atoms with Crippen molar-refractivity contribution >= 4 is 27.3 Å². The standard InChI is InChI=1S/C13H15BrN2S/c1-9-11(4-3-5-12(9)14)13(15-2)6-10-7-16-8-17-10/h3-5,7-8,13,15H,6H2,1-2H3. The zero-order chi connectivity index (χ0) is 12.3. The molecular weight excluding hydrogens is 296 g/mol. The molecule has 2 rings (SSSR count).